The predicted molar refractivity (Wildman–Crippen MR) is 120 cm³/mol. The first-order chi connectivity index (χ1) is 14.5. The summed E-state index contributed by atoms with van der Waals surface area (Å²) in [7, 11) is -3.55. The Labute approximate surface area is 179 Å². The molecule has 0 spiro atoms. The molecule has 6 heteroatoms. The van der Waals surface area contributed by atoms with Crippen molar-refractivity contribution in [3.63, 3.8) is 0 Å². The Morgan fingerprint density at radius 1 is 1.03 bits per heavy atom. The van der Waals surface area contributed by atoms with E-state index in [1.54, 1.807) is 42.5 Å². The molecule has 0 atom stereocenters. The van der Waals surface area contributed by atoms with Crippen LogP contribution in [0.1, 0.15) is 54.9 Å². The molecule has 0 unspecified atom stereocenters. The van der Waals surface area contributed by atoms with Gasteiger partial charge in [-0.15, -0.1) is 0 Å². The molecule has 0 bridgehead atoms. The fourth-order valence-corrected chi connectivity index (χ4v) is 5.10. The van der Waals surface area contributed by atoms with Gasteiger partial charge in [0.2, 0.25) is 10.0 Å². The molecule has 5 nitrogen and oxygen atoms in total. The van der Waals surface area contributed by atoms with Gasteiger partial charge in [-0.1, -0.05) is 48.9 Å². The third-order valence-corrected chi connectivity index (χ3v) is 7.36. The van der Waals surface area contributed by atoms with Gasteiger partial charge in [0.1, 0.15) is 0 Å². The zero-order valence-corrected chi connectivity index (χ0v) is 18.3. The van der Waals surface area contributed by atoms with Crippen LogP contribution in [0.4, 0.5) is 0 Å². The molecule has 1 amide bonds. The number of amides is 1. The van der Waals surface area contributed by atoms with Gasteiger partial charge in [-0.05, 0) is 61.9 Å². The fraction of sp³-hybridized carbons (Fsp3) is 0.375. The van der Waals surface area contributed by atoms with Gasteiger partial charge in [0.15, 0.2) is 0 Å². The van der Waals surface area contributed by atoms with Gasteiger partial charge in [0, 0.05) is 25.2 Å². The highest BCUT2D eigenvalue weighted by atomic mass is 32.2. The van der Waals surface area contributed by atoms with Crippen LogP contribution < -0.4 is 5.32 Å². The highest BCUT2D eigenvalue weighted by molar-refractivity contribution is 7.89. The Bertz CT molecular complexity index is 967. The second-order valence-corrected chi connectivity index (χ2v) is 9.49. The van der Waals surface area contributed by atoms with Crippen molar-refractivity contribution in [2.75, 3.05) is 13.1 Å². The summed E-state index contributed by atoms with van der Waals surface area (Å²) in [5, 5.41) is 2.98. The Balaban J connectivity index is 1.57. The number of carbonyl (C=O) groups excluding carboxylic acids is 1. The average Bonchev–Trinajstić information content (AvgIpc) is 2.79. The SMILES string of the molecule is CCN(Cc1ccc(C(=O)NCCC2=CCCCC2)cc1)S(=O)(=O)c1ccccc1. The molecule has 0 saturated heterocycles. The second kappa shape index (κ2) is 10.5. The van der Waals surface area contributed by atoms with E-state index in [4.69, 9.17) is 0 Å². The van der Waals surface area contributed by atoms with Crippen LogP contribution in [-0.4, -0.2) is 31.7 Å². The van der Waals surface area contributed by atoms with Crippen LogP contribution in [0.25, 0.3) is 0 Å². The summed E-state index contributed by atoms with van der Waals surface area (Å²) >= 11 is 0. The molecule has 0 aromatic heterocycles. The maximum atomic E-state index is 12.8. The molecule has 0 heterocycles. The van der Waals surface area contributed by atoms with Gasteiger partial charge in [-0.2, -0.15) is 4.31 Å². The summed E-state index contributed by atoms with van der Waals surface area (Å²) in [6, 6.07) is 15.6. The van der Waals surface area contributed by atoms with Crippen molar-refractivity contribution in [3.05, 3.63) is 77.4 Å². The van der Waals surface area contributed by atoms with Gasteiger partial charge in [-0.25, -0.2) is 8.42 Å². The standard InChI is InChI=1S/C24H30N2O3S/c1-2-26(30(28,29)23-11-7-4-8-12-23)19-21-13-15-22(16-14-21)24(27)25-18-17-20-9-5-3-6-10-20/h4,7-9,11-16H,2-3,5-6,10,17-19H2,1H3,(H,25,27). The first-order valence-corrected chi connectivity index (χ1v) is 12.0. The lowest BCUT2D eigenvalue weighted by molar-refractivity contribution is 0.0954. The van der Waals surface area contributed by atoms with Crippen LogP contribution in [0.5, 0.6) is 0 Å². The highest BCUT2D eigenvalue weighted by Crippen LogP contribution is 2.20. The van der Waals surface area contributed by atoms with Crippen molar-refractivity contribution in [2.24, 2.45) is 0 Å². The van der Waals surface area contributed by atoms with Crippen LogP contribution in [0.2, 0.25) is 0 Å². The number of hydrogen-bond donors (Lipinski definition) is 1. The maximum Gasteiger partial charge on any atom is 0.251 e. The molecule has 30 heavy (non-hydrogen) atoms. The predicted octanol–water partition coefficient (Wildman–Crippen LogP) is 4.52. The molecule has 1 aliphatic rings. The van der Waals surface area contributed by atoms with E-state index in [0.29, 0.717) is 18.7 Å². The zero-order valence-electron chi connectivity index (χ0n) is 17.5. The minimum atomic E-state index is -3.55. The first kappa shape index (κ1) is 22.2. The minimum absolute atomic E-state index is 0.0952. The van der Waals surface area contributed by atoms with Crippen LogP contribution in [0.15, 0.2) is 71.1 Å². The molecular formula is C24H30N2O3S. The number of allylic oxidation sites excluding steroid dienone is 1. The summed E-state index contributed by atoms with van der Waals surface area (Å²) in [6.45, 7) is 3.11. The Hall–Kier alpha value is -2.44. The summed E-state index contributed by atoms with van der Waals surface area (Å²) in [6.07, 6.45) is 8.02. The fourth-order valence-electron chi connectivity index (χ4n) is 3.64. The molecule has 1 N–H and O–H groups in total. The molecule has 2 aromatic rings. The largest absolute Gasteiger partial charge is 0.352 e. The summed E-state index contributed by atoms with van der Waals surface area (Å²) in [5.74, 6) is -0.0952. The molecule has 3 rings (SSSR count). The molecule has 2 aromatic carbocycles. The molecule has 0 aliphatic heterocycles. The van der Waals surface area contributed by atoms with E-state index in [9.17, 15) is 13.2 Å². The van der Waals surface area contributed by atoms with Crippen LogP contribution >= 0.6 is 0 Å². The minimum Gasteiger partial charge on any atom is -0.352 e. The number of nitrogens with zero attached hydrogens (tertiary/aromatic N) is 1. The summed E-state index contributed by atoms with van der Waals surface area (Å²) in [5.41, 5.74) is 2.88. The molecule has 1 aliphatic carbocycles. The van der Waals surface area contributed by atoms with E-state index in [2.05, 4.69) is 11.4 Å². The second-order valence-electron chi connectivity index (χ2n) is 7.56. The van der Waals surface area contributed by atoms with E-state index in [1.807, 2.05) is 19.1 Å². The number of sulfonamides is 1. The van der Waals surface area contributed by atoms with Crippen molar-refractivity contribution < 1.29 is 13.2 Å². The number of rotatable bonds is 9. The van der Waals surface area contributed by atoms with E-state index in [-0.39, 0.29) is 17.3 Å². The third kappa shape index (κ3) is 5.80. The lowest BCUT2D eigenvalue weighted by atomic mass is 9.97. The molecule has 0 fully saturated rings. The highest BCUT2D eigenvalue weighted by Gasteiger charge is 2.22. The molecule has 0 radical (unpaired) electrons. The maximum absolute atomic E-state index is 12.8. The van der Waals surface area contributed by atoms with Gasteiger partial charge in [-0.3, -0.25) is 4.79 Å². The average molecular weight is 427 g/mol. The van der Waals surface area contributed by atoms with Crippen LogP contribution in [0, 0.1) is 0 Å². The van der Waals surface area contributed by atoms with E-state index in [1.165, 1.54) is 22.7 Å². The number of nitrogens with one attached hydrogen (secondary N) is 1. The normalized spacial score (nSPS) is 14.4. The lowest BCUT2D eigenvalue weighted by Crippen LogP contribution is -2.30. The van der Waals surface area contributed by atoms with E-state index < -0.39 is 10.0 Å². The van der Waals surface area contributed by atoms with E-state index >= 15 is 0 Å². The Morgan fingerprint density at radius 2 is 1.77 bits per heavy atom. The zero-order chi connectivity index (χ0) is 21.4. The van der Waals surface area contributed by atoms with Crippen molar-refractivity contribution in [2.45, 2.75) is 50.5 Å². The molecule has 0 saturated carbocycles. The Kier molecular flexibility index (Phi) is 7.82. The molecule has 160 valence electrons. The van der Waals surface area contributed by atoms with Crippen molar-refractivity contribution in [3.8, 4) is 0 Å². The quantitative estimate of drug-likeness (QED) is 0.600. The van der Waals surface area contributed by atoms with Crippen LogP contribution in [0.3, 0.4) is 0 Å². The third-order valence-electron chi connectivity index (χ3n) is 5.43. The van der Waals surface area contributed by atoms with Crippen LogP contribution in [-0.2, 0) is 16.6 Å². The number of benzene rings is 2. The summed E-state index contributed by atoms with van der Waals surface area (Å²) < 4.78 is 27.1. The Morgan fingerprint density at radius 3 is 2.40 bits per heavy atom. The van der Waals surface area contributed by atoms with Gasteiger partial charge in [0.25, 0.3) is 5.91 Å². The topological polar surface area (TPSA) is 66.5 Å². The van der Waals surface area contributed by atoms with Crippen molar-refractivity contribution in [1.29, 1.82) is 0 Å². The first-order valence-electron chi connectivity index (χ1n) is 10.6. The monoisotopic (exact) mass is 426 g/mol. The number of hydrogen-bond acceptors (Lipinski definition) is 3. The van der Waals surface area contributed by atoms with Gasteiger partial charge >= 0.3 is 0 Å². The van der Waals surface area contributed by atoms with Gasteiger partial charge in [0.05, 0.1) is 4.90 Å². The lowest BCUT2D eigenvalue weighted by Gasteiger charge is -2.20. The van der Waals surface area contributed by atoms with Crippen molar-refractivity contribution >= 4 is 15.9 Å². The number of carbonyl (C=O) groups is 1. The van der Waals surface area contributed by atoms with E-state index in [0.717, 1.165) is 24.8 Å². The summed E-state index contributed by atoms with van der Waals surface area (Å²) in [4.78, 5) is 12.7. The van der Waals surface area contributed by atoms with Crippen molar-refractivity contribution in [1.82, 2.24) is 9.62 Å². The molecular weight excluding hydrogens is 396 g/mol. The van der Waals surface area contributed by atoms with Gasteiger partial charge < -0.3 is 5.32 Å². The smallest absolute Gasteiger partial charge is 0.251 e.